The van der Waals surface area contributed by atoms with Gasteiger partial charge in [-0.2, -0.15) is 0 Å². The first-order chi connectivity index (χ1) is 18.8. The topological polar surface area (TPSA) is 108 Å². The summed E-state index contributed by atoms with van der Waals surface area (Å²) in [6.07, 6.45) is 3.29. The zero-order valence-corrected chi connectivity index (χ0v) is 25.1. The number of carbonyl (C=O) groups excluding carboxylic acids is 3. The molecule has 2 aromatic rings. The van der Waals surface area contributed by atoms with Crippen LogP contribution in [0.2, 0.25) is 0 Å². The molecule has 0 radical (unpaired) electrons. The number of unbranched alkanes of at least 4 members (excludes halogenated alkanes) is 3. The molecule has 0 spiro atoms. The lowest BCUT2D eigenvalue weighted by Gasteiger charge is -2.35. The summed E-state index contributed by atoms with van der Waals surface area (Å²) in [5, 5.41) is 16.0. The Balaban J connectivity index is 2.54. The van der Waals surface area contributed by atoms with Gasteiger partial charge in [-0.15, -0.1) is 0 Å². The molecule has 0 aliphatic heterocycles. The van der Waals surface area contributed by atoms with Crippen LogP contribution in [0, 0.1) is 12.8 Å². The Labute approximate surface area is 239 Å². The number of aromatic hydroxyl groups is 1. The van der Waals surface area contributed by atoms with E-state index >= 15 is 0 Å². The number of rotatable bonds is 13. The Morgan fingerprint density at radius 1 is 1.00 bits per heavy atom. The number of alkyl carbamates (subject to hydrolysis) is 1. The zero-order chi connectivity index (χ0) is 29.9. The molecule has 3 N–H and O–H groups in total. The molecule has 0 aromatic heterocycles. The van der Waals surface area contributed by atoms with E-state index in [0.717, 1.165) is 24.8 Å². The second-order valence-corrected chi connectivity index (χ2v) is 11.7. The number of benzene rings is 2. The molecule has 2 atom stereocenters. The summed E-state index contributed by atoms with van der Waals surface area (Å²) < 4.78 is 5.46. The van der Waals surface area contributed by atoms with Gasteiger partial charge >= 0.3 is 6.09 Å². The van der Waals surface area contributed by atoms with E-state index in [-0.39, 0.29) is 17.6 Å². The van der Waals surface area contributed by atoms with Crippen molar-refractivity contribution in [3.8, 4) is 5.75 Å². The van der Waals surface area contributed by atoms with Gasteiger partial charge in [-0.05, 0) is 75.8 Å². The molecule has 2 aromatic carbocycles. The zero-order valence-electron chi connectivity index (χ0n) is 25.1. The number of hydrogen-bond donors (Lipinski definition) is 3. The molecule has 0 fully saturated rings. The Morgan fingerprint density at radius 2 is 1.70 bits per heavy atom. The van der Waals surface area contributed by atoms with Gasteiger partial charge in [0.25, 0.3) is 5.91 Å². The Hall–Kier alpha value is -3.55. The van der Waals surface area contributed by atoms with Crippen molar-refractivity contribution < 1.29 is 24.2 Å². The highest BCUT2D eigenvalue weighted by molar-refractivity contribution is 5.99. The van der Waals surface area contributed by atoms with Gasteiger partial charge in [0, 0.05) is 12.2 Å². The molecule has 8 heteroatoms. The van der Waals surface area contributed by atoms with Crippen molar-refractivity contribution >= 4 is 23.6 Å². The van der Waals surface area contributed by atoms with Gasteiger partial charge < -0.3 is 25.4 Å². The van der Waals surface area contributed by atoms with Crippen molar-refractivity contribution in [2.75, 3.05) is 11.9 Å². The van der Waals surface area contributed by atoms with Gasteiger partial charge in [-0.3, -0.25) is 9.59 Å². The fourth-order valence-corrected chi connectivity index (χ4v) is 4.50. The van der Waals surface area contributed by atoms with Gasteiger partial charge in [0.1, 0.15) is 23.4 Å². The van der Waals surface area contributed by atoms with Crippen molar-refractivity contribution in [3.05, 3.63) is 59.7 Å². The molecule has 220 valence electrons. The molecule has 0 saturated carbocycles. The summed E-state index contributed by atoms with van der Waals surface area (Å²) in [6, 6.07) is 11.9. The number of nitrogens with one attached hydrogen (secondary N) is 2. The highest BCUT2D eigenvalue weighted by Gasteiger charge is 2.36. The van der Waals surface area contributed by atoms with Gasteiger partial charge in [0.05, 0.1) is 0 Å². The second kappa shape index (κ2) is 15.3. The van der Waals surface area contributed by atoms with Crippen LogP contribution in [0.3, 0.4) is 0 Å². The van der Waals surface area contributed by atoms with E-state index in [2.05, 4.69) is 17.6 Å². The van der Waals surface area contributed by atoms with Crippen LogP contribution < -0.4 is 10.6 Å². The van der Waals surface area contributed by atoms with E-state index in [0.29, 0.717) is 30.6 Å². The van der Waals surface area contributed by atoms with Crippen molar-refractivity contribution in [1.29, 1.82) is 0 Å². The third-order valence-corrected chi connectivity index (χ3v) is 6.38. The number of para-hydroxylation sites is 1. The summed E-state index contributed by atoms with van der Waals surface area (Å²) >= 11 is 0. The number of amides is 3. The third kappa shape index (κ3) is 10.5. The highest BCUT2D eigenvalue weighted by atomic mass is 16.6. The van der Waals surface area contributed by atoms with Crippen molar-refractivity contribution in [2.24, 2.45) is 5.92 Å². The number of nitrogens with zero attached hydrogens (tertiary/aromatic N) is 1. The summed E-state index contributed by atoms with van der Waals surface area (Å²) in [7, 11) is 0. The van der Waals surface area contributed by atoms with Crippen LogP contribution in [0.15, 0.2) is 48.5 Å². The highest BCUT2D eigenvalue weighted by Crippen LogP contribution is 2.29. The number of aryl methyl sites for hydroxylation is 1. The fourth-order valence-electron chi connectivity index (χ4n) is 4.50. The Kier molecular flexibility index (Phi) is 12.5. The van der Waals surface area contributed by atoms with Crippen LogP contribution in [0.25, 0.3) is 0 Å². The van der Waals surface area contributed by atoms with Crippen LogP contribution in [0.5, 0.6) is 5.75 Å². The largest absolute Gasteiger partial charge is 0.508 e. The van der Waals surface area contributed by atoms with Gasteiger partial charge in [-0.25, -0.2) is 4.79 Å². The molecule has 8 nitrogen and oxygen atoms in total. The molecule has 2 rings (SSSR count). The number of carbonyl (C=O) groups is 3. The van der Waals surface area contributed by atoms with Crippen molar-refractivity contribution in [3.63, 3.8) is 0 Å². The molecule has 0 saturated heterocycles. The summed E-state index contributed by atoms with van der Waals surface area (Å²) in [5.41, 5.74) is 1.28. The molecule has 0 aliphatic carbocycles. The number of ether oxygens (including phenoxy) is 1. The first-order valence-electron chi connectivity index (χ1n) is 14.3. The SMILES string of the molecule is CCCCCCN(C(=O)C(CC(C)C)NC(=O)OC(C)(C)C)C(C(=O)Nc1ccccc1C)c1cccc(O)c1. The lowest BCUT2D eigenvalue weighted by molar-refractivity contribution is -0.141. The van der Waals surface area contributed by atoms with E-state index in [1.807, 2.05) is 45.0 Å². The van der Waals surface area contributed by atoms with Gasteiger partial charge in [0.15, 0.2) is 0 Å². The summed E-state index contributed by atoms with van der Waals surface area (Å²) in [6.45, 7) is 13.6. The predicted octanol–water partition coefficient (Wildman–Crippen LogP) is 6.73. The normalized spacial score (nSPS) is 12.9. The first kappa shape index (κ1) is 32.7. The number of phenols is 1. The fraction of sp³-hybridized carbons (Fsp3) is 0.531. The van der Waals surface area contributed by atoms with Crippen molar-refractivity contribution in [1.82, 2.24) is 10.2 Å². The second-order valence-electron chi connectivity index (χ2n) is 11.7. The maximum Gasteiger partial charge on any atom is 0.408 e. The van der Waals surface area contributed by atoms with E-state index in [4.69, 9.17) is 4.74 Å². The van der Waals surface area contributed by atoms with E-state index < -0.39 is 29.7 Å². The van der Waals surface area contributed by atoms with Crippen molar-refractivity contribution in [2.45, 2.75) is 98.3 Å². The van der Waals surface area contributed by atoms with Crippen LogP contribution in [0.4, 0.5) is 10.5 Å². The van der Waals surface area contributed by atoms with Crippen LogP contribution in [-0.2, 0) is 14.3 Å². The molecular weight excluding hydrogens is 506 g/mol. The number of phenolic OH excluding ortho intramolecular Hbond substituents is 1. The number of hydrogen-bond acceptors (Lipinski definition) is 5. The average Bonchev–Trinajstić information content (AvgIpc) is 2.85. The van der Waals surface area contributed by atoms with Crippen LogP contribution in [-0.4, -0.2) is 46.1 Å². The monoisotopic (exact) mass is 553 g/mol. The average molecular weight is 554 g/mol. The molecule has 0 aliphatic rings. The van der Waals surface area contributed by atoms with E-state index in [9.17, 15) is 19.5 Å². The summed E-state index contributed by atoms with van der Waals surface area (Å²) in [4.78, 5) is 42.5. The Morgan fingerprint density at radius 3 is 2.30 bits per heavy atom. The molecule has 0 bridgehead atoms. The number of anilines is 1. The molecule has 2 unspecified atom stereocenters. The minimum absolute atomic E-state index is 0.00446. The standard InChI is InChI=1S/C32H47N3O5/c1-8-9-10-13-19-35(30(38)27(20-22(2)3)34-31(39)40-32(5,6)7)28(24-16-14-17-25(36)21-24)29(37)33-26-18-12-11-15-23(26)4/h11-12,14-18,21-22,27-28,36H,8-10,13,19-20H2,1-7H3,(H,33,37)(H,34,39). The van der Waals surface area contributed by atoms with E-state index in [1.54, 1.807) is 37.8 Å². The quantitative estimate of drug-likeness (QED) is 0.238. The maximum atomic E-state index is 14.3. The van der Waals surface area contributed by atoms with Crippen LogP contribution in [0.1, 0.15) is 90.8 Å². The summed E-state index contributed by atoms with van der Waals surface area (Å²) in [5.74, 6) is -0.685. The lowest BCUT2D eigenvalue weighted by Crippen LogP contribution is -2.53. The minimum Gasteiger partial charge on any atom is -0.508 e. The first-order valence-corrected chi connectivity index (χ1v) is 14.3. The molecular formula is C32H47N3O5. The maximum absolute atomic E-state index is 14.3. The lowest BCUT2D eigenvalue weighted by atomic mass is 9.98. The smallest absolute Gasteiger partial charge is 0.408 e. The minimum atomic E-state index is -1.03. The van der Waals surface area contributed by atoms with Gasteiger partial charge in [0.2, 0.25) is 5.91 Å². The molecule has 3 amide bonds. The molecule has 40 heavy (non-hydrogen) atoms. The van der Waals surface area contributed by atoms with Gasteiger partial charge in [-0.1, -0.05) is 70.4 Å². The predicted molar refractivity (Wildman–Crippen MR) is 159 cm³/mol. The third-order valence-electron chi connectivity index (χ3n) is 6.38. The molecule has 0 heterocycles. The van der Waals surface area contributed by atoms with E-state index in [1.165, 1.54) is 12.1 Å². The van der Waals surface area contributed by atoms with Crippen LogP contribution >= 0.6 is 0 Å². The Bertz CT molecular complexity index is 1130.